The Balaban J connectivity index is 0.000000198. The molecule has 60 heavy (non-hydrogen) atoms. The molecule has 0 unspecified atom stereocenters. The number of fused-ring (bicyclic) bond motifs is 2. The normalized spacial score (nSPS) is 14.0. The van der Waals surface area contributed by atoms with Gasteiger partial charge in [-0.1, -0.05) is 54.5 Å². The van der Waals surface area contributed by atoms with Crippen molar-refractivity contribution in [3.8, 4) is 5.75 Å². The second kappa shape index (κ2) is 19.3. The predicted octanol–water partition coefficient (Wildman–Crippen LogP) is 11.4. The van der Waals surface area contributed by atoms with Gasteiger partial charge in [0.2, 0.25) is 10.3 Å². The molecule has 0 atom stereocenters. The fourth-order valence-electron chi connectivity index (χ4n) is 7.13. The van der Waals surface area contributed by atoms with Crippen molar-refractivity contribution >= 4 is 128 Å². The van der Waals surface area contributed by atoms with E-state index in [0.717, 1.165) is 73.0 Å². The maximum Gasteiger partial charge on any atom is 0.297 e. The van der Waals surface area contributed by atoms with Crippen LogP contribution in [0, 0.1) is 0 Å². The molecule has 2 aromatic heterocycles. The molecule has 8 rings (SSSR count). The van der Waals surface area contributed by atoms with Gasteiger partial charge >= 0.3 is 0 Å². The molecule has 22 heteroatoms. The minimum absolute atomic E-state index is 0. The number of hydrogen-bond donors (Lipinski definition) is 2. The van der Waals surface area contributed by atoms with Crippen molar-refractivity contribution in [2.75, 3.05) is 42.6 Å². The van der Waals surface area contributed by atoms with Gasteiger partial charge in [0.1, 0.15) is 26.9 Å². The SMILES string of the molecule is CCOc1cc(N=Nc2nc3ccc(Br)cc3s2)c(S(=O)(=O)O)cc1N(CC)CC.O=S(=O)(O)c1c(N=Nc2nc3ccc(Br)cc3s2)cc2c3c1CCCN3CCC2.[Co]. The van der Waals surface area contributed by atoms with Gasteiger partial charge < -0.3 is 14.5 Å². The number of thiazole rings is 2. The summed E-state index contributed by atoms with van der Waals surface area (Å²) in [6.07, 6.45) is 3.33. The number of aromatic nitrogens is 2. The van der Waals surface area contributed by atoms with Crippen LogP contribution < -0.4 is 14.5 Å². The summed E-state index contributed by atoms with van der Waals surface area (Å²) >= 11 is 9.54. The summed E-state index contributed by atoms with van der Waals surface area (Å²) in [5.74, 6) is 0.468. The summed E-state index contributed by atoms with van der Waals surface area (Å²) in [4.78, 5) is 12.5. The number of nitrogens with zero attached hydrogens (tertiary/aromatic N) is 8. The number of benzene rings is 4. The third kappa shape index (κ3) is 10.2. The summed E-state index contributed by atoms with van der Waals surface area (Å²) in [6, 6.07) is 16.0. The van der Waals surface area contributed by atoms with E-state index in [2.05, 4.69) is 67.2 Å². The molecule has 319 valence electrons. The predicted molar refractivity (Wildman–Crippen MR) is 239 cm³/mol. The van der Waals surface area contributed by atoms with E-state index in [4.69, 9.17) is 4.74 Å². The molecule has 2 N–H and O–H groups in total. The minimum atomic E-state index is -4.53. The van der Waals surface area contributed by atoms with Gasteiger partial charge in [-0.05, 0) is 106 Å². The molecule has 2 aliphatic rings. The van der Waals surface area contributed by atoms with Crippen LogP contribution in [0.3, 0.4) is 0 Å². The standard InChI is InChI=1S/C19H21BrN4O4S2.C19H17BrN4O3S2.Co/c1-4-24(5-2)15-11-18(30(25,26)27)14(10-16(15)28-6-3)22-23-19-21-13-8-7-12(20)9-17(13)29-19;20-12-5-6-14-16(10-12)28-19(21-14)23-22-15-9-11-3-1-7-24-8-2-4-13(17(11)24)18(15)29(25,26)27;/h7-11H,4-6H2,1-3H3,(H,25,26,27);5-6,9-10H,1-4,7-8H2,(H,25,26,27);. The first-order valence-electron chi connectivity index (χ1n) is 18.6. The van der Waals surface area contributed by atoms with E-state index in [0.29, 0.717) is 53.4 Å². The van der Waals surface area contributed by atoms with Gasteiger partial charge in [0.15, 0.2) is 0 Å². The third-order valence-electron chi connectivity index (χ3n) is 9.60. The van der Waals surface area contributed by atoms with Crippen LogP contribution in [-0.2, 0) is 49.9 Å². The quantitative estimate of drug-likeness (QED) is 0.0924. The fraction of sp³-hybridized carbons (Fsp3) is 0.316. The second-order valence-electron chi connectivity index (χ2n) is 13.4. The van der Waals surface area contributed by atoms with Gasteiger partial charge in [0.25, 0.3) is 20.2 Å². The van der Waals surface area contributed by atoms with Crippen molar-refractivity contribution in [2.24, 2.45) is 20.5 Å². The zero-order valence-electron chi connectivity index (χ0n) is 32.3. The van der Waals surface area contributed by atoms with Crippen LogP contribution in [0.25, 0.3) is 20.4 Å². The smallest absolute Gasteiger partial charge is 0.297 e. The molecular weight excluding hydrogens is 1030 g/mol. The zero-order chi connectivity index (χ0) is 42.1. The van der Waals surface area contributed by atoms with Gasteiger partial charge in [0, 0.05) is 63.7 Å². The minimum Gasteiger partial charge on any atom is -0.492 e. The van der Waals surface area contributed by atoms with Crippen LogP contribution in [0.15, 0.2) is 93.8 Å². The Morgan fingerprint density at radius 3 is 1.87 bits per heavy atom. The van der Waals surface area contributed by atoms with Crippen molar-refractivity contribution < 1.29 is 47.5 Å². The van der Waals surface area contributed by atoms with Crippen LogP contribution in [0.2, 0.25) is 0 Å². The van der Waals surface area contributed by atoms with E-state index in [9.17, 15) is 25.9 Å². The van der Waals surface area contributed by atoms with Crippen LogP contribution >= 0.6 is 54.5 Å². The molecule has 4 heterocycles. The van der Waals surface area contributed by atoms with Gasteiger partial charge in [-0.2, -0.15) is 16.8 Å². The van der Waals surface area contributed by atoms with Crippen molar-refractivity contribution in [1.82, 2.24) is 9.97 Å². The van der Waals surface area contributed by atoms with Crippen molar-refractivity contribution in [3.05, 3.63) is 74.7 Å². The molecule has 4 aromatic carbocycles. The van der Waals surface area contributed by atoms with Crippen LogP contribution in [0.5, 0.6) is 5.75 Å². The molecule has 0 aliphatic carbocycles. The van der Waals surface area contributed by atoms with Crippen LogP contribution in [0.4, 0.5) is 33.0 Å². The average Bonchev–Trinajstić information content (AvgIpc) is 3.79. The number of rotatable bonds is 11. The number of azo groups is 2. The first-order chi connectivity index (χ1) is 28.2. The molecule has 2 aliphatic heterocycles. The summed E-state index contributed by atoms with van der Waals surface area (Å²) in [6.45, 7) is 9.23. The number of halogens is 2. The number of ether oxygens (including phenoxy) is 1. The summed E-state index contributed by atoms with van der Waals surface area (Å²) in [7, 11) is -8.97. The molecule has 0 saturated carbocycles. The summed E-state index contributed by atoms with van der Waals surface area (Å²) in [5.41, 5.74) is 5.00. The van der Waals surface area contributed by atoms with Gasteiger partial charge in [-0.25, -0.2) is 9.97 Å². The van der Waals surface area contributed by atoms with Gasteiger partial charge in [-0.3, -0.25) is 9.11 Å². The molecule has 6 aromatic rings. The Bertz CT molecular complexity index is 2850. The van der Waals surface area contributed by atoms with Crippen molar-refractivity contribution in [1.29, 1.82) is 0 Å². The largest absolute Gasteiger partial charge is 0.492 e. The van der Waals surface area contributed by atoms with E-state index in [-0.39, 0.29) is 37.9 Å². The molecule has 0 bridgehead atoms. The van der Waals surface area contributed by atoms with Crippen molar-refractivity contribution in [3.63, 3.8) is 0 Å². The number of anilines is 2. The third-order valence-corrected chi connectivity index (χ3v) is 14.2. The summed E-state index contributed by atoms with van der Waals surface area (Å²) in [5, 5.41) is 17.4. The average molecular weight is 1070 g/mol. The molecular formula is C38H38Br2CoN8O7S4. The monoisotopic (exact) mass is 1060 g/mol. The Morgan fingerprint density at radius 2 is 1.33 bits per heavy atom. The second-order valence-corrected chi connectivity index (χ2v) is 20.0. The molecule has 0 fully saturated rings. The molecule has 0 spiro atoms. The molecule has 1 radical (unpaired) electrons. The topological polar surface area (TPSA) is 200 Å². The Labute approximate surface area is 382 Å². The molecule has 0 amide bonds. The van der Waals surface area contributed by atoms with E-state index in [1.54, 1.807) is 6.07 Å². The van der Waals surface area contributed by atoms with Gasteiger partial charge in [0.05, 0.1) is 32.7 Å². The van der Waals surface area contributed by atoms with E-state index < -0.39 is 20.2 Å². The number of aryl methyl sites for hydroxylation is 1. The molecule has 0 saturated heterocycles. The Hall–Kier alpha value is -3.45. The first-order valence-corrected chi connectivity index (χ1v) is 24.7. The maximum atomic E-state index is 12.3. The number of hydrogen-bond acceptors (Lipinski definition) is 15. The Morgan fingerprint density at radius 1 is 0.767 bits per heavy atom. The van der Waals surface area contributed by atoms with Crippen LogP contribution in [0.1, 0.15) is 44.7 Å². The van der Waals surface area contributed by atoms with E-state index >= 15 is 0 Å². The maximum absolute atomic E-state index is 12.3. The fourth-order valence-corrected chi connectivity index (χ4v) is 11.3. The molecule has 15 nitrogen and oxygen atoms in total. The van der Waals surface area contributed by atoms with Crippen molar-refractivity contribution in [2.45, 2.75) is 56.2 Å². The van der Waals surface area contributed by atoms with E-state index in [1.807, 2.05) is 62.1 Å². The zero-order valence-corrected chi connectivity index (χ0v) is 39.8. The van der Waals surface area contributed by atoms with E-state index in [1.165, 1.54) is 34.8 Å². The van der Waals surface area contributed by atoms with Gasteiger partial charge in [-0.15, -0.1) is 20.5 Å². The first kappa shape index (κ1) is 46.1. The van der Waals surface area contributed by atoms with Crippen LogP contribution in [-0.4, -0.2) is 68.7 Å². The Kier molecular flexibility index (Phi) is 14.8. The summed E-state index contributed by atoms with van der Waals surface area (Å²) < 4.78 is 77.8.